The fourth-order valence-electron chi connectivity index (χ4n) is 1.91. The number of aliphatic hydroxyl groups excluding tert-OH is 1. The van der Waals surface area contributed by atoms with Gasteiger partial charge in [0, 0.05) is 19.6 Å². The molecule has 126 valence electrons. The first kappa shape index (κ1) is 18.7. The van der Waals surface area contributed by atoms with E-state index < -0.39 is 6.10 Å². The molecule has 2 N–H and O–H groups in total. The molecule has 1 rings (SSSR count). The number of hydrogen-bond acceptors (Lipinski definition) is 6. The Bertz CT molecular complexity index is 427. The van der Waals surface area contributed by atoms with E-state index in [0.717, 1.165) is 18.7 Å². The maximum Gasteiger partial charge on any atom is 0.161 e. The first-order chi connectivity index (χ1) is 10.6. The van der Waals surface area contributed by atoms with Crippen molar-refractivity contribution in [3.05, 3.63) is 23.8 Å². The van der Waals surface area contributed by atoms with Crippen LogP contribution in [0.5, 0.6) is 11.5 Å². The van der Waals surface area contributed by atoms with Crippen molar-refractivity contribution in [2.45, 2.75) is 12.7 Å². The van der Waals surface area contributed by atoms with Gasteiger partial charge in [0.1, 0.15) is 0 Å². The number of nitrogens with one attached hydrogen (secondary N) is 1. The highest BCUT2D eigenvalue weighted by Crippen LogP contribution is 2.27. The van der Waals surface area contributed by atoms with Crippen LogP contribution in [-0.4, -0.2) is 70.7 Å². The summed E-state index contributed by atoms with van der Waals surface area (Å²) in [6, 6.07) is 5.64. The zero-order chi connectivity index (χ0) is 16.4. The number of nitrogens with zero attached hydrogens (tertiary/aromatic N) is 1. The number of aliphatic hydroxyl groups is 1. The van der Waals surface area contributed by atoms with E-state index in [2.05, 4.69) is 10.2 Å². The minimum atomic E-state index is -0.512. The van der Waals surface area contributed by atoms with Crippen LogP contribution in [0.25, 0.3) is 0 Å². The first-order valence-corrected chi connectivity index (χ1v) is 7.39. The minimum absolute atomic E-state index is 0.295. The highest BCUT2D eigenvalue weighted by Gasteiger charge is 2.07. The summed E-state index contributed by atoms with van der Waals surface area (Å²) >= 11 is 0. The fourth-order valence-corrected chi connectivity index (χ4v) is 1.91. The molecule has 0 saturated carbocycles. The summed E-state index contributed by atoms with van der Waals surface area (Å²) in [6.45, 7) is 3.04. The van der Waals surface area contributed by atoms with Gasteiger partial charge in [-0.3, -0.25) is 0 Å². The van der Waals surface area contributed by atoms with Crippen molar-refractivity contribution < 1.29 is 19.3 Å². The summed E-state index contributed by atoms with van der Waals surface area (Å²) in [5.41, 5.74) is 0.977. The average Bonchev–Trinajstić information content (AvgIpc) is 2.51. The van der Waals surface area contributed by atoms with E-state index in [1.54, 1.807) is 14.2 Å². The van der Waals surface area contributed by atoms with E-state index in [0.29, 0.717) is 31.3 Å². The van der Waals surface area contributed by atoms with E-state index in [-0.39, 0.29) is 0 Å². The van der Waals surface area contributed by atoms with Crippen molar-refractivity contribution in [2.24, 2.45) is 0 Å². The molecule has 6 nitrogen and oxygen atoms in total. The maximum atomic E-state index is 9.83. The molecule has 0 spiro atoms. The first-order valence-electron chi connectivity index (χ1n) is 7.39. The lowest BCUT2D eigenvalue weighted by Gasteiger charge is -2.15. The van der Waals surface area contributed by atoms with Crippen molar-refractivity contribution in [2.75, 3.05) is 54.6 Å². The van der Waals surface area contributed by atoms with Crippen LogP contribution in [0.1, 0.15) is 5.56 Å². The van der Waals surface area contributed by atoms with Gasteiger partial charge in [0.05, 0.1) is 33.5 Å². The molecule has 0 heterocycles. The molecule has 1 aromatic carbocycles. The van der Waals surface area contributed by atoms with E-state index in [1.807, 2.05) is 32.3 Å². The van der Waals surface area contributed by atoms with Crippen molar-refractivity contribution in [3.63, 3.8) is 0 Å². The third kappa shape index (κ3) is 7.09. The molecule has 1 atom stereocenters. The van der Waals surface area contributed by atoms with Gasteiger partial charge in [0.2, 0.25) is 0 Å². The SMILES string of the molecule is COc1ccc(COCC(O)CNCCN(C)C)cc1OC. The Kier molecular flexibility index (Phi) is 8.84. The highest BCUT2D eigenvalue weighted by atomic mass is 16.5. The molecular weight excluding hydrogens is 284 g/mol. The minimum Gasteiger partial charge on any atom is -0.493 e. The van der Waals surface area contributed by atoms with Gasteiger partial charge in [-0.1, -0.05) is 6.07 Å². The molecule has 1 unspecified atom stereocenters. The Morgan fingerprint density at radius 3 is 2.55 bits per heavy atom. The molecule has 6 heteroatoms. The number of ether oxygens (including phenoxy) is 3. The van der Waals surface area contributed by atoms with Gasteiger partial charge in [-0.15, -0.1) is 0 Å². The number of hydrogen-bond donors (Lipinski definition) is 2. The molecule has 1 aromatic rings. The molecule has 0 radical (unpaired) electrons. The number of likely N-dealkylation sites (N-methyl/N-ethyl adjacent to an activating group) is 1. The van der Waals surface area contributed by atoms with Crippen molar-refractivity contribution >= 4 is 0 Å². The van der Waals surface area contributed by atoms with Crippen molar-refractivity contribution in [3.8, 4) is 11.5 Å². The lowest BCUT2D eigenvalue weighted by Crippen LogP contribution is -2.34. The van der Waals surface area contributed by atoms with Crippen LogP contribution in [0.2, 0.25) is 0 Å². The normalized spacial score (nSPS) is 12.5. The van der Waals surface area contributed by atoms with Crippen LogP contribution in [0.4, 0.5) is 0 Å². The topological polar surface area (TPSA) is 63.2 Å². The van der Waals surface area contributed by atoms with Crippen LogP contribution in [0, 0.1) is 0 Å². The molecule has 0 aliphatic rings. The van der Waals surface area contributed by atoms with Gasteiger partial charge in [-0.2, -0.15) is 0 Å². The smallest absolute Gasteiger partial charge is 0.161 e. The van der Waals surface area contributed by atoms with E-state index in [9.17, 15) is 5.11 Å². The zero-order valence-corrected chi connectivity index (χ0v) is 14.0. The summed E-state index contributed by atoms with van der Waals surface area (Å²) in [6.07, 6.45) is -0.512. The summed E-state index contributed by atoms with van der Waals surface area (Å²) in [5.74, 6) is 1.37. The second-order valence-corrected chi connectivity index (χ2v) is 5.37. The van der Waals surface area contributed by atoms with Gasteiger partial charge in [-0.25, -0.2) is 0 Å². The van der Waals surface area contributed by atoms with Gasteiger partial charge < -0.3 is 29.5 Å². The molecule has 0 fully saturated rings. The third-order valence-electron chi connectivity index (χ3n) is 3.14. The average molecular weight is 312 g/mol. The van der Waals surface area contributed by atoms with E-state index in [1.165, 1.54) is 0 Å². The second kappa shape index (κ2) is 10.4. The number of methoxy groups -OCH3 is 2. The predicted molar refractivity (Wildman–Crippen MR) is 86.6 cm³/mol. The van der Waals surface area contributed by atoms with Crippen LogP contribution < -0.4 is 14.8 Å². The molecule has 0 aliphatic heterocycles. The van der Waals surface area contributed by atoms with Gasteiger partial charge in [0.15, 0.2) is 11.5 Å². The Labute approximate surface area is 133 Å². The van der Waals surface area contributed by atoms with Crippen molar-refractivity contribution in [1.82, 2.24) is 10.2 Å². The van der Waals surface area contributed by atoms with E-state index >= 15 is 0 Å². The summed E-state index contributed by atoms with van der Waals surface area (Å²) in [5, 5.41) is 13.0. The third-order valence-corrected chi connectivity index (χ3v) is 3.14. The lowest BCUT2D eigenvalue weighted by atomic mass is 10.2. The Balaban J connectivity index is 2.26. The number of rotatable bonds is 11. The summed E-state index contributed by atoms with van der Waals surface area (Å²) < 4.78 is 16.0. The molecule has 0 saturated heterocycles. The molecule has 0 bridgehead atoms. The number of benzene rings is 1. The predicted octanol–water partition coefficient (Wildman–Crippen LogP) is 0.733. The monoisotopic (exact) mass is 312 g/mol. The summed E-state index contributed by atoms with van der Waals surface area (Å²) in [4.78, 5) is 2.09. The Hall–Kier alpha value is -1.34. The Morgan fingerprint density at radius 2 is 1.91 bits per heavy atom. The molecule has 22 heavy (non-hydrogen) atoms. The largest absolute Gasteiger partial charge is 0.493 e. The second-order valence-electron chi connectivity index (χ2n) is 5.37. The van der Waals surface area contributed by atoms with Crippen LogP contribution in [-0.2, 0) is 11.3 Å². The van der Waals surface area contributed by atoms with E-state index in [4.69, 9.17) is 14.2 Å². The van der Waals surface area contributed by atoms with Gasteiger partial charge >= 0.3 is 0 Å². The lowest BCUT2D eigenvalue weighted by molar-refractivity contribution is 0.0287. The molecule has 0 aliphatic carbocycles. The highest BCUT2D eigenvalue weighted by molar-refractivity contribution is 5.42. The van der Waals surface area contributed by atoms with Crippen LogP contribution in [0.3, 0.4) is 0 Å². The standard InChI is InChI=1S/C16H28N2O4/c1-18(2)8-7-17-10-14(19)12-22-11-13-5-6-15(20-3)16(9-13)21-4/h5-6,9,14,17,19H,7-8,10-12H2,1-4H3. The van der Waals surface area contributed by atoms with Crippen LogP contribution >= 0.6 is 0 Å². The van der Waals surface area contributed by atoms with Crippen LogP contribution in [0.15, 0.2) is 18.2 Å². The fraction of sp³-hybridized carbons (Fsp3) is 0.625. The maximum absolute atomic E-state index is 9.83. The quantitative estimate of drug-likeness (QED) is 0.588. The molecule has 0 amide bonds. The zero-order valence-electron chi connectivity index (χ0n) is 14.0. The summed E-state index contributed by atoms with van der Waals surface area (Å²) in [7, 11) is 7.24. The molecule has 0 aromatic heterocycles. The Morgan fingerprint density at radius 1 is 1.18 bits per heavy atom. The van der Waals surface area contributed by atoms with Gasteiger partial charge in [0.25, 0.3) is 0 Å². The molecular formula is C16H28N2O4. The van der Waals surface area contributed by atoms with Gasteiger partial charge in [-0.05, 0) is 31.8 Å². The van der Waals surface area contributed by atoms with Crippen molar-refractivity contribution in [1.29, 1.82) is 0 Å².